The van der Waals surface area contributed by atoms with E-state index in [1.54, 1.807) is 0 Å². The molecule has 0 aromatic rings. The Labute approximate surface area is 165 Å². The van der Waals surface area contributed by atoms with Crippen LogP contribution >= 0.6 is 0 Å². The van der Waals surface area contributed by atoms with Crippen molar-refractivity contribution in [3.8, 4) is 0 Å². The summed E-state index contributed by atoms with van der Waals surface area (Å²) in [5, 5.41) is 3.48. The van der Waals surface area contributed by atoms with Gasteiger partial charge in [0.15, 0.2) is 30.5 Å². The molecule has 0 spiro atoms. The smallest absolute Gasteiger partial charge is 0.303 e. The molecule has 2 unspecified atom stereocenters. The maximum absolute atomic E-state index is 11.6. The van der Waals surface area contributed by atoms with Gasteiger partial charge in [-0.05, 0) is 5.53 Å². The van der Waals surface area contributed by atoms with Crippen molar-refractivity contribution < 1.29 is 47.7 Å². The Kier molecular flexibility index (Phi) is 8.39. The number of hydrogen-bond donors (Lipinski definition) is 0. The highest BCUT2D eigenvalue weighted by molar-refractivity contribution is 5.70. The van der Waals surface area contributed by atoms with E-state index in [9.17, 15) is 24.0 Å². The van der Waals surface area contributed by atoms with Crippen LogP contribution in [0, 0.1) is 0 Å². The lowest BCUT2D eigenvalue weighted by atomic mass is 9.82. The van der Waals surface area contributed by atoms with Crippen LogP contribution in [0.3, 0.4) is 0 Å². The lowest BCUT2D eigenvalue weighted by Crippen LogP contribution is -2.67. The third-order valence-corrected chi connectivity index (χ3v) is 3.66. The SMILES string of the molecule is CC(=O)OC1[C@@H](OC(C)=O)[C@H](OC(C)=O)C(N=[N+]=[N-])[C@@H](OC(C)=O)[C@H]1OC(C)=O. The van der Waals surface area contributed by atoms with Crippen LogP contribution in [0.25, 0.3) is 10.4 Å². The molecule has 160 valence electrons. The van der Waals surface area contributed by atoms with Gasteiger partial charge in [-0.2, -0.15) is 0 Å². The second-order valence-corrected chi connectivity index (χ2v) is 6.07. The Hall–Kier alpha value is -3.34. The molecule has 13 nitrogen and oxygen atoms in total. The molecule has 0 aliphatic heterocycles. The lowest BCUT2D eigenvalue weighted by molar-refractivity contribution is -0.234. The predicted octanol–water partition coefficient (Wildman–Crippen LogP) is 0.337. The largest absolute Gasteiger partial charge is 0.458 e. The fourth-order valence-corrected chi connectivity index (χ4v) is 2.96. The highest BCUT2D eigenvalue weighted by atomic mass is 16.6. The van der Waals surface area contributed by atoms with E-state index in [0.717, 1.165) is 34.6 Å². The van der Waals surface area contributed by atoms with Crippen LogP contribution in [0.2, 0.25) is 0 Å². The minimum atomic E-state index is -1.53. The van der Waals surface area contributed by atoms with Crippen molar-refractivity contribution in [1.82, 2.24) is 0 Å². The summed E-state index contributed by atoms with van der Waals surface area (Å²) in [5.41, 5.74) is 8.95. The van der Waals surface area contributed by atoms with E-state index >= 15 is 0 Å². The predicted molar refractivity (Wildman–Crippen MR) is 90.7 cm³/mol. The van der Waals surface area contributed by atoms with Gasteiger partial charge < -0.3 is 23.7 Å². The number of azide groups is 1. The molecule has 1 saturated carbocycles. The van der Waals surface area contributed by atoms with Crippen LogP contribution in [0.4, 0.5) is 0 Å². The van der Waals surface area contributed by atoms with Crippen LogP contribution in [0.15, 0.2) is 5.11 Å². The molecular weight excluding hydrogens is 394 g/mol. The van der Waals surface area contributed by atoms with Gasteiger partial charge in [-0.25, -0.2) is 0 Å². The zero-order valence-electron chi connectivity index (χ0n) is 16.4. The van der Waals surface area contributed by atoms with E-state index in [2.05, 4.69) is 10.0 Å². The van der Waals surface area contributed by atoms with Crippen LogP contribution in [0.1, 0.15) is 34.6 Å². The molecule has 0 saturated heterocycles. The molecule has 1 aliphatic carbocycles. The summed E-state index contributed by atoms with van der Waals surface area (Å²) in [6.45, 7) is 5.20. The summed E-state index contributed by atoms with van der Waals surface area (Å²) in [7, 11) is 0. The van der Waals surface area contributed by atoms with Crippen molar-refractivity contribution in [3.05, 3.63) is 10.4 Å². The van der Waals surface area contributed by atoms with Gasteiger partial charge >= 0.3 is 29.8 Å². The first-order valence-electron chi connectivity index (χ1n) is 8.38. The van der Waals surface area contributed by atoms with Gasteiger partial charge in [0.2, 0.25) is 0 Å². The van der Waals surface area contributed by atoms with E-state index in [0.29, 0.717) is 0 Å². The summed E-state index contributed by atoms with van der Waals surface area (Å²) >= 11 is 0. The van der Waals surface area contributed by atoms with Crippen molar-refractivity contribution in [3.63, 3.8) is 0 Å². The van der Waals surface area contributed by atoms with Gasteiger partial charge in [0.1, 0.15) is 6.04 Å². The fraction of sp³-hybridized carbons (Fsp3) is 0.688. The fourth-order valence-electron chi connectivity index (χ4n) is 2.96. The van der Waals surface area contributed by atoms with Crippen molar-refractivity contribution in [2.75, 3.05) is 0 Å². The topological polar surface area (TPSA) is 180 Å². The standard InChI is InChI=1S/C16H21N3O10/c1-6(20)25-12-11(18-19-17)13(26-7(2)21)15(28-9(4)23)16(29-10(5)24)14(12)27-8(3)22/h11-16H,1-5H3/t11?,12-,13-,14-,15+,16?/m1/s1. The molecule has 1 fully saturated rings. The molecule has 29 heavy (non-hydrogen) atoms. The monoisotopic (exact) mass is 415 g/mol. The van der Waals surface area contributed by atoms with E-state index < -0.39 is 66.4 Å². The molecule has 6 atom stereocenters. The highest BCUT2D eigenvalue weighted by Gasteiger charge is 2.58. The quantitative estimate of drug-likeness (QED) is 0.193. The molecule has 0 aromatic carbocycles. The zero-order valence-corrected chi connectivity index (χ0v) is 16.4. The molecule has 0 radical (unpaired) electrons. The van der Waals surface area contributed by atoms with Gasteiger partial charge in [-0.3, -0.25) is 24.0 Å². The van der Waals surface area contributed by atoms with Gasteiger partial charge in [0.05, 0.1) is 0 Å². The maximum atomic E-state index is 11.6. The van der Waals surface area contributed by atoms with E-state index in [4.69, 9.17) is 29.2 Å². The van der Waals surface area contributed by atoms with Crippen molar-refractivity contribution in [2.45, 2.75) is 71.2 Å². The van der Waals surface area contributed by atoms with E-state index in [1.165, 1.54) is 0 Å². The average molecular weight is 415 g/mol. The molecule has 1 rings (SSSR count). The van der Waals surface area contributed by atoms with Crippen molar-refractivity contribution >= 4 is 29.8 Å². The molecular formula is C16H21N3O10. The summed E-state index contributed by atoms with van der Waals surface area (Å²) in [4.78, 5) is 60.8. The number of nitrogens with zero attached hydrogens (tertiary/aromatic N) is 3. The summed E-state index contributed by atoms with van der Waals surface area (Å²) < 4.78 is 25.7. The molecule has 0 heterocycles. The number of esters is 5. The molecule has 0 aromatic heterocycles. The van der Waals surface area contributed by atoms with Crippen LogP contribution in [-0.2, 0) is 47.7 Å². The Morgan fingerprint density at radius 3 is 1.07 bits per heavy atom. The normalized spacial score (nSPS) is 28.2. The number of rotatable bonds is 6. The molecule has 0 N–H and O–H groups in total. The van der Waals surface area contributed by atoms with E-state index in [1.807, 2.05) is 0 Å². The zero-order chi connectivity index (χ0) is 22.3. The maximum Gasteiger partial charge on any atom is 0.303 e. The summed E-state index contributed by atoms with van der Waals surface area (Å²) in [6.07, 6.45) is -7.58. The number of ether oxygens (including phenoxy) is 5. The Morgan fingerprint density at radius 2 is 0.828 bits per heavy atom. The molecule has 13 heteroatoms. The second-order valence-electron chi connectivity index (χ2n) is 6.07. The summed E-state index contributed by atoms with van der Waals surface area (Å²) in [6, 6.07) is -1.46. The molecule has 1 aliphatic rings. The number of carbonyl (C=O) groups excluding carboxylic acids is 5. The molecule has 0 amide bonds. The summed E-state index contributed by atoms with van der Waals surface area (Å²) in [5.74, 6) is -4.25. The van der Waals surface area contributed by atoms with Crippen LogP contribution in [0.5, 0.6) is 0 Å². The first-order valence-corrected chi connectivity index (χ1v) is 8.38. The first kappa shape index (κ1) is 23.7. The highest BCUT2D eigenvalue weighted by Crippen LogP contribution is 2.34. The minimum absolute atomic E-state index is 0.848. The van der Waals surface area contributed by atoms with Gasteiger partial charge in [-0.1, -0.05) is 5.11 Å². The Balaban J connectivity index is 3.66. The molecule has 0 bridgehead atoms. The van der Waals surface area contributed by atoms with Crippen molar-refractivity contribution in [2.24, 2.45) is 5.11 Å². The Bertz CT molecular complexity index is 688. The number of hydrogen-bond acceptors (Lipinski definition) is 11. The van der Waals surface area contributed by atoms with E-state index in [-0.39, 0.29) is 0 Å². The van der Waals surface area contributed by atoms with Crippen LogP contribution < -0.4 is 0 Å². The lowest BCUT2D eigenvalue weighted by Gasteiger charge is -2.46. The van der Waals surface area contributed by atoms with Gasteiger partial charge in [-0.15, -0.1) is 0 Å². The van der Waals surface area contributed by atoms with Gasteiger partial charge in [0.25, 0.3) is 0 Å². The third kappa shape index (κ3) is 6.64. The third-order valence-electron chi connectivity index (χ3n) is 3.66. The van der Waals surface area contributed by atoms with Crippen LogP contribution in [-0.4, -0.2) is 66.4 Å². The average Bonchev–Trinajstić information content (AvgIpc) is 2.55. The second kappa shape index (κ2) is 10.3. The first-order chi connectivity index (χ1) is 13.5. The minimum Gasteiger partial charge on any atom is -0.458 e. The Morgan fingerprint density at radius 1 is 0.586 bits per heavy atom. The van der Waals surface area contributed by atoms with Crippen molar-refractivity contribution in [1.29, 1.82) is 0 Å². The van der Waals surface area contributed by atoms with Gasteiger partial charge in [0, 0.05) is 39.5 Å². The number of carbonyl (C=O) groups is 5.